The Labute approximate surface area is 174 Å². The number of hydrogen-bond acceptors (Lipinski definition) is 6. The fourth-order valence-electron chi connectivity index (χ4n) is 2.75. The first-order valence-corrected chi connectivity index (χ1v) is 10.1. The second-order valence-corrected chi connectivity index (χ2v) is 7.21. The number of carbonyl (C=O) groups excluding carboxylic acids is 1. The van der Waals surface area contributed by atoms with E-state index < -0.39 is 0 Å². The Morgan fingerprint density at radius 1 is 1.10 bits per heavy atom. The lowest BCUT2D eigenvalue weighted by molar-refractivity contribution is 0.0935. The van der Waals surface area contributed by atoms with Crippen molar-refractivity contribution >= 4 is 17.2 Å². The van der Waals surface area contributed by atoms with E-state index >= 15 is 0 Å². The largest absolute Gasteiger partial charge is 0.493 e. The monoisotopic (exact) mass is 412 g/mol. The van der Waals surface area contributed by atoms with Gasteiger partial charge in [0.1, 0.15) is 17.3 Å². The highest BCUT2D eigenvalue weighted by Gasteiger charge is 2.17. The van der Waals surface area contributed by atoms with Crippen LogP contribution in [0.15, 0.2) is 53.9 Å². The number of nitrogens with zero attached hydrogens (tertiary/aromatic N) is 1. The van der Waals surface area contributed by atoms with Gasteiger partial charge in [-0.1, -0.05) is 36.4 Å². The molecular weight excluding hydrogens is 388 g/mol. The maximum absolute atomic E-state index is 12.6. The molecule has 0 fully saturated rings. The number of hydrogen-bond donors (Lipinski definition) is 1. The second-order valence-electron chi connectivity index (χ2n) is 6.35. The molecule has 3 rings (SSSR count). The van der Waals surface area contributed by atoms with Crippen LogP contribution in [-0.2, 0) is 4.74 Å². The number of rotatable bonds is 9. The summed E-state index contributed by atoms with van der Waals surface area (Å²) in [5.41, 5.74) is 2.32. The highest BCUT2D eigenvalue weighted by molar-refractivity contribution is 7.13. The van der Waals surface area contributed by atoms with E-state index in [1.54, 1.807) is 19.6 Å². The van der Waals surface area contributed by atoms with Gasteiger partial charge in [-0.25, -0.2) is 4.98 Å². The van der Waals surface area contributed by atoms with Crippen molar-refractivity contribution in [2.45, 2.75) is 13.0 Å². The zero-order valence-corrected chi connectivity index (χ0v) is 17.5. The minimum Gasteiger partial charge on any atom is -0.493 e. The topological polar surface area (TPSA) is 69.7 Å². The van der Waals surface area contributed by atoms with E-state index in [1.807, 2.05) is 55.5 Å². The number of methoxy groups -OCH3 is 2. The third-order valence-corrected chi connectivity index (χ3v) is 5.23. The molecule has 3 aromatic rings. The molecule has 7 heteroatoms. The van der Waals surface area contributed by atoms with E-state index in [4.69, 9.17) is 14.2 Å². The van der Waals surface area contributed by atoms with Crippen LogP contribution in [0.1, 0.15) is 29.0 Å². The van der Waals surface area contributed by atoms with Gasteiger partial charge in [0.25, 0.3) is 5.91 Å². The lowest BCUT2D eigenvalue weighted by atomic mass is 10.1. The molecule has 0 aliphatic heterocycles. The average Bonchev–Trinajstić information content (AvgIpc) is 3.25. The highest BCUT2D eigenvalue weighted by atomic mass is 32.1. The summed E-state index contributed by atoms with van der Waals surface area (Å²) in [4.78, 5) is 17.1. The van der Waals surface area contributed by atoms with Gasteiger partial charge in [0.15, 0.2) is 11.5 Å². The molecule has 1 heterocycles. The van der Waals surface area contributed by atoms with E-state index in [1.165, 1.54) is 11.3 Å². The third-order valence-electron chi connectivity index (χ3n) is 4.34. The van der Waals surface area contributed by atoms with E-state index in [0.29, 0.717) is 30.4 Å². The highest BCUT2D eigenvalue weighted by Crippen LogP contribution is 2.30. The van der Waals surface area contributed by atoms with Gasteiger partial charge in [-0.2, -0.15) is 0 Å². The van der Waals surface area contributed by atoms with Crippen molar-refractivity contribution in [3.63, 3.8) is 0 Å². The first-order valence-electron chi connectivity index (χ1n) is 9.24. The first-order chi connectivity index (χ1) is 14.1. The Kier molecular flexibility index (Phi) is 7.21. The maximum Gasteiger partial charge on any atom is 0.271 e. The molecule has 1 amide bonds. The molecule has 152 valence electrons. The second kappa shape index (κ2) is 10.0. The zero-order chi connectivity index (χ0) is 20.6. The normalized spacial score (nSPS) is 11.7. The predicted octanol–water partition coefficient (Wildman–Crippen LogP) is 4.33. The molecule has 0 saturated heterocycles. The van der Waals surface area contributed by atoms with Gasteiger partial charge in [-0.3, -0.25) is 4.79 Å². The summed E-state index contributed by atoms with van der Waals surface area (Å²) in [6, 6.07) is 15.2. The average molecular weight is 413 g/mol. The van der Waals surface area contributed by atoms with Crippen molar-refractivity contribution < 1.29 is 19.0 Å². The summed E-state index contributed by atoms with van der Waals surface area (Å²) in [5.74, 6) is 1.04. The number of aromatic nitrogens is 1. The van der Waals surface area contributed by atoms with Crippen LogP contribution in [0.25, 0.3) is 10.6 Å². The Morgan fingerprint density at radius 2 is 1.90 bits per heavy atom. The molecule has 1 atom stereocenters. The molecular formula is C22H24N2O4S. The molecule has 6 nitrogen and oxygen atoms in total. The summed E-state index contributed by atoms with van der Waals surface area (Å²) in [7, 11) is 3.21. The summed E-state index contributed by atoms with van der Waals surface area (Å²) in [5, 5.41) is 5.59. The van der Waals surface area contributed by atoms with Crippen LogP contribution < -0.4 is 14.8 Å². The smallest absolute Gasteiger partial charge is 0.271 e. The minimum atomic E-state index is -0.216. The summed E-state index contributed by atoms with van der Waals surface area (Å²) in [6.45, 7) is 2.85. The van der Waals surface area contributed by atoms with Crippen molar-refractivity contribution in [1.82, 2.24) is 10.3 Å². The molecule has 0 radical (unpaired) electrons. The fraction of sp³-hybridized carbons (Fsp3) is 0.273. The molecule has 0 aliphatic rings. The van der Waals surface area contributed by atoms with Crippen LogP contribution in [0.3, 0.4) is 0 Å². The van der Waals surface area contributed by atoms with Gasteiger partial charge in [0, 0.05) is 18.1 Å². The fourth-order valence-corrected chi connectivity index (χ4v) is 3.56. The van der Waals surface area contributed by atoms with Crippen LogP contribution in [0.4, 0.5) is 0 Å². The van der Waals surface area contributed by atoms with Crippen LogP contribution >= 0.6 is 11.3 Å². The predicted molar refractivity (Wildman–Crippen MR) is 114 cm³/mol. The molecule has 0 spiro atoms. The Bertz CT molecular complexity index is 943. The Hall–Kier alpha value is -2.90. The molecule has 29 heavy (non-hydrogen) atoms. The van der Waals surface area contributed by atoms with E-state index in [2.05, 4.69) is 10.3 Å². The quantitative estimate of drug-likeness (QED) is 0.530. The lowest BCUT2D eigenvalue weighted by Gasteiger charge is -2.16. The van der Waals surface area contributed by atoms with Crippen LogP contribution in [0.2, 0.25) is 0 Å². The van der Waals surface area contributed by atoms with Crippen LogP contribution in [0, 0.1) is 0 Å². The maximum atomic E-state index is 12.6. The van der Waals surface area contributed by atoms with Gasteiger partial charge in [-0.15, -0.1) is 11.3 Å². The molecule has 1 aromatic heterocycles. The van der Waals surface area contributed by atoms with E-state index in [9.17, 15) is 4.79 Å². The number of nitrogens with one attached hydrogen (secondary N) is 1. The minimum absolute atomic E-state index is 0.213. The standard InChI is InChI=1S/C22H24N2O4S/c1-15(17-9-10-19(20(13-17)27-3)28-12-11-26-2)23-21(25)18-14-29-22(24-18)16-7-5-4-6-8-16/h4-10,13-15H,11-12H2,1-3H3,(H,23,25). The molecule has 1 unspecified atom stereocenters. The van der Waals surface area contributed by atoms with Crippen molar-refractivity contribution in [1.29, 1.82) is 0 Å². The number of ether oxygens (including phenoxy) is 3. The van der Waals surface area contributed by atoms with E-state index in [0.717, 1.165) is 16.1 Å². The van der Waals surface area contributed by atoms with Crippen molar-refractivity contribution in [3.8, 4) is 22.1 Å². The van der Waals surface area contributed by atoms with Crippen molar-refractivity contribution in [3.05, 3.63) is 65.2 Å². The van der Waals surface area contributed by atoms with Gasteiger partial charge in [0.2, 0.25) is 0 Å². The SMILES string of the molecule is COCCOc1ccc(C(C)NC(=O)c2csc(-c3ccccc3)n2)cc1OC. The number of benzene rings is 2. The van der Waals surface area contributed by atoms with Gasteiger partial charge >= 0.3 is 0 Å². The summed E-state index contributed by atoms with van der Waals surface area (Å²) < 4.78 is 16.1. The van der Waals surface area contributed by atoms with E-state index in [-0.39, 0.29) is 11.9 Å². The van der Waals surface area contributed by atoms with Crippen LogP contribution in [0.5, 0.6) is 11.5 Å². The number of amides is 1. The van der Waals surface area contributed by atoms with Gasteiger partial charge < -0.3 is 19.5 Å². The van der Waals surface area contributed by atoms with Gasteiger partial charge in [0.05, 0.1) is 19.8 Å². The zero-order valence-electron chi connectivity index (χ0n) is 16.7. The third kappa shape index (κ3) is 5.34. The Balaban J connectivity index is 1.67. The molecule has 0 saturated carbocycles. The van der Waals surface area contributed by atoms with Gasteiger partial charge in [-0.05, 0) is 24.6 Å². The Morgan fingerprint density at radius 3 is 2.62 bits per heavy atom. The summed E-state index contributed by atoms with van der Waals surface area (Å²) in [6.07, 6.45) is 0. The lowest BCUT2D eigenvalue weighted by Crippen LogP contribution is -2.26. The number of thiazole rings is 1. The molecule has 2 aromatic carbocycles. The van der Waals surface area contributed by atoms with Crippen molar-refractivity contribution in [2.24, 2.45) is 0 Å². The number of carbonyl (C=O) groups is 1. The molecule has 1 N–H and O–H groups in total. The van der Waals surface area contributed by atoms with Crippen LogP contribution in [-0.4, -0.2) is 38.3 Å². The molecule has 0 aliphatic carbocycles. The first kappa shape index (κ1) is 20.8. The van der Waals surface area contributed by atoms with Crippen molar-refractivity contribution in [2.75, 3.05) is 27.4 Å². The molecule has 0 bridgehead atoms. The summed E-state index contributed by atoms with van der Waals surface area (Å²) >= 11 is 1.45.